The molecule has 0 fully saturated rings. The molecule has 0 aliphatic rings. The van der Waals surface area contributed by atoms with Crippen molar-refractivity contribution in [2.45, 2.75) is 53.2 Å². The van der Waals surface area contributed by atoms with Crippen LogP contribution in [0.15, 0.2) is 12.3 Å². The molecule has 0 saturated heterocycles. The number of ether oxygens (including phenoxy) is 1. The molecule has 3 heteroatoms. The van der Waals surface area contributed by atoms with Crippen molar-refractivity contribution in [1.29, 1.82) is 0 Å². The highest BCUT2D eigenvalue weighted by Gasteiger charge is 2.15. The maximum Gasteiger partial charge on any atom is 0.127 e. The van der Waals surface area contributed by atoms with Crippen LogP contribution in [-0.4, -0.2) is 17.1 Å². The molecule has 1 aromatic heterocycles. The molecule has 0 aliphatic carbocycles. The Morgan fingerprint density at radius 1 is 1.35 bits per heavy atom. The van der Waals surface area contributed by atoms with E-state index in [0.717, 1.165) is 36.5 Å². The fraction of sp³-hybridized carbons (Fsp3) is 0.643. The van der Waals surface area contributed by atoms with E-state index in [1.807, 2.05) is 19.2 Å². The Bertz CT molecular complexity index is 356. The number of hydrogen-bond donors (Lipinski definition) is 1. The largest absolute Gasteiger partial charge is 0.488 e. The lowest BCUT2D eigenvalue weighted by Gasteiger charge is -2.23. The molecule has 0 radical (unpaired) electrons. The second-order valence-electron chi connectivity index (χ2n) is 5.32. The van der Waals surface area contributed by atoms with Crippen molar-refractivity contribution in [3.8, 4) is 5.75 Å². The third-order valence-corrected chi connectivity index (χ3v) is 2.24. The number of aryl methyl sites for hydroxylation is 1. The predicted molar refractivity (Wildman–Crippen MR) is 71.4 cm³/mol. The van der Waals surface area contributed by atoms with Crippen LogP contribution in [0.3, 0.4) is 0 Å². The molecule has 0 unspecified atom stereocenters. The normalized spacial score (nSPS) is 11.6. The van der Waals surface area contributed by atoms with Crippen molar-refractivity contribution in [3.63, 3.8) is 0 Å². The lowest BCUT2D eigenvalue weighted by molar-refractivity contribution is 0.129. The third-order valence-electron chi connectivity index (χ3n) is 2.24. The predicted octanol–water partition coefficient (Wildman–Crippen LogP) is 3.07. The molecule has 0 aromatic carbocycles. The zero-order valence-electron chi connectivity index (χ0n) is 11.6. The Morgan fingerprint density at radius 3 is 2.65 bits per heavy atom. The second-order valence-corrected chi connectivity index (χ2v) is 5.32. The number of nitrogens with one attached hydrogen (secondary N) is 1. The summed E-state index contributed by atoms with van der Waals surface area (Å²) in [5, 5.41) is 3.38. The average molecular weight is 236 g/mol. The highest BCUT2D eigenvalue weighted by molar-refractivity contribution is 5.33. The quantitative estimate of drug-likeness (QED) is 0.798. The summed E-state index contributed by atoms with van der Waals surface area (Å²) < 4.78 is 5.96. The number of aromatic nitrogens is 1. The van der Waals surface area contributed by atoms with Crippen LogP contribution < -0.4 is 10.1 Å². The first kappa shape index (κ1) is 14.0. The first-order chi connectivity index (χ1) is 7.92. The number of nitrogens with zero attached hydrogens (tertiary/aromatic N) is 1. The van der Waals surface area contributed by atoms with Gasteiger partial charge in [-0.05, 0) is 40.7 Å². The lowest BCUT2D eigenvalue weighted by Crippen LogP contribution is -2.24. The first-order valence-corrected chi connectivity index (χ1v) is 6.27. The van der Waals surface area contributed by atoms with Gasteiger partial charge in [0.25, 0.3) is 0 Å². The van der Waals surface area contributed by atoms with Gasteiger partial charge in [0.05, 0.1) is 0 Å². The summed E-state index contributed by atoms with van der Waals surface area (Å²) in [6, 6.07) is 2.01. The summed E-state index contributed by atoms with van der Waals surface area (Å²) in [7, 11) is 0. The highest BCUT2D eigenvalue weighted by atomic mass is 16.5. The van der Waals surface area contributed by atoms with Crippen molar-refractivity contribution in [2.75, 3.05) is 6.54 Å². The Labute approximate surface area is 105 Å². The van der Waals surface area contributed by atoms with E-state index in [2.05, 4.69) is 38.0 Å². The van der Waals surface area contributed by atoms with Crippen LogP contribution >= 0.6 is 0 Å². The van der Waals surface area contributed by atoms with Gasteiger partial charge in [-0.1, -0.05) is 6.92 Å². The number of pyridine rings is 1. The molecule has 0 aliphatic heterocycles. The fourth-order valence-electron chi connectivity index (χ4n) is 1.52. The van der Waals surface area contributed by atoms with Crippen LogP contribution in [0, 0.1) is 6.92 Å². The molecule has 1 rings (SSSR count). The standard InChI is InChI=1S/C14H24N2O/c1-6-7-15-9-12-10-16-11(2)8-13(12)17-14(3,4)5/h8,10,15H,6-7,9H2,1-5H3. The summed E-state index contributed by atoms with van der Waals surface area (Å²) in [4.78, 5) is 4.33. The van der Waals surface area contributed by atoms with Gasteiger partial charge in [0.15, 0.2) is 0 Å². The van der Waals surface area contributed by atoms with E-state index < -0.39 is 0 Å². The minimum atomic E-state index is -0.173. The molecule has 1 aromatic rings. The molecule has 17 heavy (non-hydrogen) atoms. The third kappa shape index (κ3) is 5.18. The zero-order chi connectivity index (χ0) is 12.9. The lowest BCUT2D eigenvalue weighted by atomic mass is 10.1. The highest BCUT2D eigenvalue weighted by Crippen LogP contribution is 2.23. The zero-order valence-corrected chi connectivity index (χ0v) is 11.6. The molecular weight excluding hydrogens is 212 g/mol. The van der Waals surface area contributed by atoms with Crippen molar-refractivity contribution in [3.05, 3.63) is 23.5 Å². The molecule has 0 spiro atoms. The SMILES string of the molecule is CCCNCc1cnc(C)cc1OC(C)(C)C. The summed E-state index contributed by atoms with van der Waals surface area (Å²) in [5.41, 5.74) is 1.94. The van der Waals surface area contributed by atoms with E-state index >= 15 is 0 Å². The second kappa shape index (κ2) is 6.01. The molecule has 3 nitrogen and oxygen atoms in total. The Kier molecular flexibility index (Phi) is 4.94. The van der Waals surface area contributed by atoms with Crippen molar-refractivity contribution >= 4 is 0 Å². The van der Waals surface area contributed by atoms with Gasteiger partial charge in [-0.2, -0.15) is 0 Å². The van der Waals surface area contributed by atoms with Gasteiger partial charge < -0.3 is 10.1 Å². The van der Waals surface area contributed by atoms with Gasteiger partial charge in [0.2, 0.25) is 0 Å². The average Bonchev–Trinajstić information content (AvgIpc) is 2.19. The minimum Gasteiger partial charge on any atom is -0.488 e. The van der Waals surface area contributed by atoms with E-state index in [9.17, 15) is 0 Å². The van der Waals surface area contributed by atoms with Crippen molar-refractivity contribution in [2.24, 2.45) is 0 Å². The van der Waals surface area contributed by atoms with Crippen molar-refractivity contribution in [1.82, 2.24) is 10.3 Å². The summed E-state index contributed by atoms with van der Waals surface area (Å²) in [6.07, 6.45) is 3.04. The fourth-order valence-corrected chi connectivity index (χ4v) is 1.52. The van der Waals surface area contributed by atoms with Gasteiger partial charge in [0.1, 0.15) is 11.4 Å². The minimum absolute atomic E-state index is 0.173. The Hall–Kier alpha value is -1.09. The molecule has 1 N–H and O–H groups in total. The van der Waals surface area contributed by atoms with Gasteiger partial charge in [0, 0.05) is 30.1 Å². The van der Waals surface area contributed by atoms with Crippen LogP contribution in [0.2, 0.25) is 0 Å². The monoisotopic (exact) mass is 236 g/mol. The Morgan fingerprint density at radius 2 is 2.06 bits per heavy atom. The molecule has 0 saturated carbocycles. The van der Waals surface area contributed by atoms with E-state index in [1.165, 1.54) is 0 Å². The maximum atomic E-state index is 5.96. The molecule has 0 bridgehead atoms. The van der Waals surface area contributed by atoms with Crippen LogP contribution in [0.5, 0.6) is 5.75 Å². The number of rotatable bonds is 5. The van der Waals surface area contributed by atoms with Gasteiger partial charge >= 0.3 is 0 Å². The van der Waals surface area contributed by atoms with E-state index in [0.29, 0.717) is 0 Å². The van der Waals surface area contributed by atoms with Crippen LogP contribution in [0.4, 0.5) is 0 Å². The van der Waals surface area contributed by atoms with Gasteiger partial charge in [-0.3, -0.25) is 4.98 Å². The smallest absolute Gasteiger partial charge is 0.127 e. The van der Waals surface area contributed by atoms with Crippen LogP contribution in [0.25, 0.3) is 0 Å². The summed E-state index contributed by atoms with van der Waals surface area (Å²) in [5.74, 6) is 0.939. The summed E-state index contributed by atoms with van der Waals surface area (Å²) in [6.45, 7) is 12.2. The molecule has 0 atom stereocenters. The molecule has 0 amide bonds. The first-order valence-electron chi connectivity index (χ1n) is 6.27. The molecule has 96 valence electrons. The molecule has 1 heterocycles. The van der Waals surface area contributed by atoms with Crippen LogP contribution in [0.1, 0.15) is 45.4 Å². The maximum absolute atomic E-state index is 5.96. The summed E-state index contributed by atoms with van der Waals surface area (Å²) >= 11 is 0. The van der Waals surface area contributed by atoms with Gasteiger partial charge in [-0.15, -0.1) is 0 Å². The molecular formula is C14H24N2O. The van der Waals surface area contributed by atoms with Crippen LogP contribution in [-0.2, 0) is 6.54 Å². The van der Waals surface area contributed by atoms with E-state index in [1.54, 1.807) is 0 Å². The topological polar surface area (TPSA) is 34.2 Å². The Balaban J connectivity index is 2.80. The number of hydrogen-bond acceptors (Lipinski definition) is 3. The van der Waals surface area contributed by atoms with Crippen molar-refractivity contribution < 1.29 is 4.74 Å². The van der Waals surface area contributed by atoms with Gasteiger partial charge in [-0.25, -0.2) is 0 Å². The van der Waals surface area contributed by atoms with E-state index in [-0.39, 0.29) is 5.60 Å². The van der Waals surface area contributed by atoms with E-state index in [4.69, 9.17) is 4.74 Å².